The van der Waals surface area contributed by atoms with Crippen molar-refractivity contribution in [1.82, 2.24) is 10.3 Å². The first-order valence-corrected chi connectivity index (χ1v) is 8.98. The van der Waals surface area contributed by atoms with Crippen LogP contribution in [-0.2, 0) is 15.4 Å². The number of sulfone groups is 1. The summed E-state index contributed by atoms with van der Waals surface area (Å²) in [7, 11) is -3.80. The van der Waals surface area contributed by atoms with E-state index in [1.165, 1.54) is 26.8 Å². The Kier molecular flexibility index (Phi) is 4.27. The van der Waals surface area contributed by atoms with Crippen molar-refractivity contribution in [2.45, 2.75) is 31.1 Å². The summed E-state index contributed by atoms with van der Waals surface area (Å²) in [4.78, 5) is 18.9. The van der Waals surface area contributed by atoms with Gasteiger partial charge >= 0.3 is 6.09 Å². The molecule has 2 rings (SSSR count). The van der Waals surface area contributed by atoms with Crippen molar-refractivity contribution in [3.05, 3.63) is 28.2 Å². The van der Waals surface area contributed by atoms with Gasteiger partial charge in [-0.1, -0.05) is 0 Å². The number of nitrogens with one attached hydrogen (secondary N) is 1. The van der Waals surface area contributed by atoms with Crippen LogP contribution in [0.3, 0.4) is 0 Å². The summed E-state index contributed by atoms with van der Waals surface area (Å²) in [5.41, 5.74) is -1.45. The van der Waals surface area contributed by atoms with Crippen LogP contribution >= 0.6 is 15.9 Å². The SMILES string of the molecule is CC1(c2cc(Br)ncc2F)CS(=O)(=O)C(C)(C)C(NC(=O)O)=N1. The normalized spacial score (nSPS) is 25.5. The Morgan fingerprint density at radius 3 is 2.61 bits per heavy atom. The van der Waals surface area contributed by atoms with Gasteiger partial charge in [0.15, 0.2) is 9.84 Å². The third-order valence-corrected chi connectivity index (χ3v) is 6.93. The number of rotatable bonds is 1. The van der Waals surface area contributed by atoms with E-state index < -0.39 is 37.8 Å². The van der Waals surface area contributed by atoms with Crippen LogP contribution in [-0.4, -0.2) is 40.9 Å². The molecule has 1 atom stereocenters. The standard InChI is InChI=1S/C13H15BrFN3O4S/c1-12(2)10(17-11(19)20)18-13(3,6-23(12,21)22)7-4-9(14)16-5-8(7)15/h4-5H,6H2,1-3H3,(H,17,18)(H,19,20). The average molecular weight is 408 g/mol. The van der Waals surface area contributed by atoms with Crippen molar-refractivity contribution >= 4 is 37.7 Å². The topological polar surface area (TPSA) is 109 Å². The van der Waals surface area contributed by atoms with Crippen LogP contribution in [0.15, 0.2) is 21.9 Å². The van der Waals surface area contributed by atoms with E-state index in [-0.39, 0.29) is 11.4 Å². The maximum Gasteiger partial charge on any atom is 0.410 e. The van der Waals surface area contributed by atoms with Gasteiger partial charge in [-0.05, 0) is 42.8 Å². The number of aromatic nitrogens is 1. The molecule has 10 heteroatoms. The zero-order valence-electron chi connectivity index (χ0n) is 12.6. The van der Waals surface area contributed by atoms with E-state index in [4.69, 9.17) is 5.11 Å². The molecule has 0 saturated carbocycles. The molecule has 1 unspecified atom stereocenters. The van der Waals surface area contributed by atoms with Crippen molar-refractivity contribution in [2.75, 3.05) is 5.75 Å². The fourth-order valence-electron chi connectivity index (χ4n) is 2.36. The second-order valence-corrected chi connectivity index (χ2v) is 9.27. The molecule has 1 aromatic rings. The summed E-state index contributed by atoms with van der Waals surface area (Å²) in [5, 5.41) is 11.0. The highest BCUT2D eigenvalue weighted by molar-refractivity contribution is 9.10. The largest absolute Gasteiger partial charge is 0.465 e. The first-order chi connectivity index (χ1) is 10.4. The summed E-state index contributed by atoms with van der Waals surface area (Å²) >= 11 is 3.11. The van der Waals surface area contributed by atoms with Crippen LogP contribution in [0.5, 0.6) is 0 Å². The molecular weight excluding hydrogens is 393 g/mol. The predicted octanol–water partition coefficient (Wildman–Crippen LogP) is 2.07. The van der Waals surface area contributed by atoms with Gasteiger partial charge in [-0.25, -0.2) is 22.6 Å². The number of carboxylic acid groups (broad SMARTS) is 1. The lowest BCUT2D eigenvalue weighted by Gasteiger charge is -2.38. The van der Waals surface area contributed by atoms with Crippen LogP contribution in [0.1, 0.15) is 26.3 Å². The van der Waals surface area contributed by atoms with Gasteiger partial charge in [0.25, 0.3) is 0 Å². The van der Waals surface area contributed by atoms with E-state index in [9.17, 15) is 17.6 Å². The van der Waals surface area contributed by atoms with Crippen molar-refractivity contribution in [3.63, 3.8) is 0 Å². The molecule has 0 bridgehead atoms. The number of hydrogen-bond donors (Lipinski definition) is 2. The molecule has 0 spiro atoms. The summed E-state index contributed by atoms with van der Waals surface area (Å²) in [6.07, 6.45) is -0.482. The van der Waals surface area contributed by atoms with Gasteiger partial charge in [0.1, 0.15) is 26.5 Å². The lowest BCUT2D eigenvalue weighted by molar-refractivity contribution is 0.199. The highest BCUT2D eigenvalue weighted by Crippen LogP contribution is 2.38. The zero-order valence-corrected chi connectivity index (χ0v) is 15.0. The highest BCUT2D eigenvalue weighted by Gasteiger charge is 2.50. The predicted molar refractivity (Wildman–Crippen MR) is 85.7 cm³/mol. The lowest BCUT2D eigenvalue weighted by Crippen LogP contribution is -2.57. The summed E-state index contributed by atoms with van der Waals surface area (Å²) < 4.78 is 38.2. The van der Waals surface area contributed by atoms with Gasteiger partial charge in [0.05, 0.1) is 11.9 Å². The molecule has 0 fully saturated rings. The molecule has 0 aliphatic carbocycles. The molecule has 2 heterocycles. The molecule has 1 aliphatic heterocycles. The van der Waals surface area contributed by atoms with Crippen LogP contribution < -0.4 is 5.32 Å². The average Bonchev–Trinajstić information content (AvgIpc) is 2.38. The number of amides is 1. The number of nitrogens with zero attached hydrogens (tertiary/aromatic N) is 2. The van der Waals surface area contributed by atoms with Crippen LogP contribution in [0.25, 0.3) is 0 Å². The molecule has 126 valence electrons. The highest BCUT2D eigenvalue weighted by atomic mass is 79.9. The number of aliphatic imine (C=N–C) groups is 1. The second kappa shape index (κ2) is 5.52. The van der Waals surface area contributed by atoms with Gasteiger partial charge in [-0.3, -0.25) is 10.3 Å². The maximum atomic E-state index is 14.1. The second-order valence-electron chi connectivity index (χ2n) is 5.92. The minimum absolute atomic E-state index is 0.0168. The smallest absolute Gasteiger partial charge is 0.410 e. The van der Waals surface area contributed by atoms with Crippen molar-refractivity contribution in [3.8, 4) is 0 Å². The molecule has 7 nitrogen and oxygen atoms in total. The Bertz CT molecular complexity index is 809. The Hall–Kier alpha value is -1.55. The van der Waals surface area contributed by atoms with Gasteiger partial charge in [0.2, 0.25) is 0 Å². The number of hydrogen-bond acceptors (Lipinski definition) is 5. The first kappa shape index (κ1) is 17.8. The minimum Gasteiger partial charge on any atom is -0.465 e. The Morgan fingerprint density at radius 1 is 1.43 bits per heavy atom. The quantitative estimate of drug-likeness (QED) is 0.692. The van der Waals surface area contributed by atoms with Crippen LogP contribution in [0, 0.1) is 5.82 Å². The molecule has 0 radical (unpaired) electrons. The Balaban J connectivity index is 2.71. The van der Waals surface area contributed by atoms with Crippen molar-refractivity contribution in [2.24, 2.45) is 4.99 Å². The van der Waals surface area contributed by atoms with Crippen molar-refractivity contribution in [1.29, 1.82) is 0 Å². The van der Waals surface area contributed by atoms with Gasteiger partial charge < -0.3 is 5.11 Å². The lowest BCUT2D eigenvalue weighted by atomic mass is 9.94. The Morgan fingerprint density at radius 2 is 2.04 bits per heavy atom. The first-order valence-electron chi connectivity index (χ1n) is 6.53. The number of pyridine rings is 1. The third kappa shape index (κ3) is 3.09. The number of amidine groups is 1. The number of halogens is 2. The van der Waals surface area contributed by atoms with Gasteiger partial charge in [-0.15, -0.1) is 0 Å². The maximum absolute atomic E-state index is 14.1. The van der Waals surface area contributed by atoms with E-state index in [1.807, 2.05) is 5.32 Å². The van der Waals surface area contributed by atoms with Gasteiger partial charge in [0, 0.05) is 5.56 Å². The van der Waals surface area contributed by atoms with E-state index in [1.54, 1.807) is 0 Å². The molecule has 2 N–H and O–H groups in total. The molecule has 1 amide bonds. The molecule has 0 aromatic carbocycles. The molecule has 1 aliphatic rings. The fourth-order valence-corrected chi connectivity index (χ4v) is 4.40. The van der Waals surface area contributed by atoms with E-state index >= 15 is 0 Å². The molecule has 1 aromatic heterocycles. The fraction of sp³-hybridized carbons (Fsp3) is 0.462. The van der Waals surface area contributed by atoms with E-state index in [0.717, 1.165) is 6.20 Å². The minimum atomic E-state index is -3.80. The van der Waals surface area contributed by atoms with Crippen molar-refractivity contribution < 1.29 is 22.7 Å². The zero-order chi connectivity index (χ0) is 17.6. The number of carbonyl (C=O) groups is 1. The van der Waals surface area contributed by atoms with Gasteiger partial charge in [-0.2, -0.15) is 0 Å². The molecule has 23 heavy (non-hydrogen) atoms. The summed E-state index contributed by atoms with van der Waals surface area (Å²) in [5.74, 6) is -1.42. The van der Waals surface area contributed by atoms with E-state index in [0.29, 0.717) is 4.60 Å². The van der Waals surface area contributed by atoms with Crippen LogP contribution in [0.2, 0.25) is 0 Å². The summed E-state index contributed by atoms with van der Waals surface area (Å²) in [6, 6.07) is 1.34. The Labute approximate surface area is 141 Å². The third-order valence-electron chi connectivity index (χ3n) is 3.80. The molecule has 0 saturated heterocycles. The molecular formula is C13H15BrFN3O4S. The van der Waals surface area contributed by atoms with Crippen LogP contribution in [0.4, 0.5) is 9.18 Å². The monoisotopic (exact) mass is 407 g/mol. The summed E-state index contributed by atoms with van der Waals surface area (Å²) in [6.45, 7) is 4.15. The van der Waals surface area contributed by atoms with E-state index in [2.05, 4.69) is 25.9 Å².